The number of hydrogen-bond donors (Lipinski definition) is 2. The van der Waals surface area contributed by atoms with Crippen molar-refractivity contribution in [1.82, 2.24) is 10.0 Å². The number of hydroxylamine groups is 1. The number of nitrogens with zero attached hydrogens (tertiary/aromatic N) is 1. The van der Waals surface area contributed by atoms with Crippen LogP contribution in [0.1, 0.15) is 13.3 Å². The molecule has 0 saturated heterocycles. The number of pyridine rings is 1. The van der Waals surface area contributed by atoms with Crippen molar-refractivity contribution in [2.24, 2.45) is 0 Å². The standard InChI is InChI=1S/C17H20N2O5S/c1-17(16(21)18-22,25(2,23)24)9-11-19-10-8-14(12-15(19)20)13-6-4-3-5-7-13/h3-8,10,12,22H,9,11H2,1-2H3,(H,18,21). The van der Waals surface area contributed by atoms with Crippen LogP contribution in [0.25, 0.3) is 11.1 Å². The zero-order valence-corrected chi connectivity index (χ0v) is 14.8. The van der Waals surface area contributed by atoms with Crippen LogP contribution < -0.4 is 11.0 Å². The van der Waals surface area contributed by atoms with E-state index in [9.17, 15) is 18.0 Å². The molecular weight excluding hydrogens is 344 g/mol. The Morgan fingerprint density at radius 3 is 2.36 bits per heavy atom. The number of sulfone groups is 1. The molecule has 0 radical (unpaired) electrons. The van der Waals surface area contributed by atoms with E-state index in [0.29, 0.717) is 0 Å². The van der Waals surface area contributed by atoms with Crippen molar-refractivity contribution in [3.05, 3.63) is 59.0 Å². The third-order valence-electron chi connectivity index (χ3n) is 4.33. The molecule has 0 aliphatic carbocycles. The van der Waals surface area contributed by atoms with Gasteiger partial charge in [0.2, 0.25) is 0 Å². The van der Waals surface area contributed by atoms with Crippen LogP contribution in [-0.4, -0.2) is 35.1 Å². The summed E-state index contributed by atoms with van der Waals surface area (Å²) in [7, 11) is -3.80. The Kier molecular flexibility index (Phi) is 5.44. The maximum Gasteiger partial charge on any atom is 0.264 e. The minimum atomic E-state index is -3.80. The predicted molar refractivity (Wildman–Crippen MR) is 93.9 cm³/mol. The second kappa shape index (κ2) is 7.20. The van der Waals surface area contributed by atoms with Gasteiger partial charge in [-0.25, -0.2) is 13.9 Å². The molecule has 2 aromatic rings. The second-order valence-corrected chi connectivity index (χ2v) is 8.45. The number of rotatable bonds is 6. The molecule has 7 nitrogen and oxygen atoms in total. The summed E-state index contributed by atoms with van der Waals surface area (Å²) in [5, 5.41) is 8.82. The lowest BCUT2D eigenvalue weighted by molar-refractivity contribution is -0.131. The molecule has 0 saturated carbocycles. The molecule has 1 amide bonds. The Hall–Kier alpha value is -2.45. The van der Waals surface area contributed by atoms with Crippen molar-refractivity contribution in [2.45, 2.75) is 24.6 Å². The molecule has 0 spiro atoms. The molecule has 2 rings (SSSR count). The van der Waals surface area contributed by atoms with E-state index in [1.54, 1.807) is 12.3 Å². The number of aryl methyl sites for hydroxylation is 1. The summed E-state index contributed by atoms with van der Waals surface area (Å²) < 4.78 is 23.4. The Labute approximate surface area is 145 Å². The summed E-state index contributed by atoms with van der Waals surface area (Å²) >= 11 is 0. The van der Waals surface area contributed by atoms with Crippen molar-refractivity contribution < 1.29 is 18.4 Å². The lowest BCUT2D eigenvalue weighted by atomic mass is 10.1. The van der Waals surface area contributed by atoms with Gasteiger partial charge in [-0.1, -0.05) is 30.3 Å². The SMILES string of the molecule is CC(CCn1ccc(-c2ccccc2)cc1=O)(C(=O)NO)S(C)(=O)=O. The topological polar surface area (TPSA) is 105 Å². The quantitative estimate of drug-likeness (QED) is 0.592. The number of benzene rings is 1. The van der Waals surface area contributed by atoms with Crippen LogP contribution in [0, 0.1) is 0 Å². The van der Waals surface area contributed by atoms with Crippen LogP contribution in [0.15, 0.2) is 53.5 Å². The molecule has 1 heterocycles. The van der Waals surface area contributed by atoms with Gasteiger partial charge < -0.3 is 4.57 Å². The van der Waals surface area contributed by atoms with Crippen LogP contribution in [0.4, 0.5) is 0 Å². The highest BCUT2D eigenvalue weighted by atomic mass is 32.2. The highest BCUT2D eigenvalue weighted by Gasteiger charge is 2.43. The highest BCUT2D eigenvalue weighted by molar-refractivity contribution is 7.92. The number of nitrogens with one attached hydrogen (secondary N) is 1. The van der Waals surface area contributed by atoms with Crippen molar-refractivity contribution in [3.63, 3.8) is 0 Å². The molecule has 0 fully saturated rings. The van der Waals surface area contributed by atoms with E-state index < -0.39 is 20.5 Å². The fourth-order valence-electron chi connectivity index (χ4n) is 2.42. The van der Waals surface area contributed by atoms with E-state index in [0.717, 1.165) is 17.4 Å². The third-order valence-corrected chi connectivity index (χ3v) is 6.36. The maximum atomic E-state index is 12.3. The lowest BCUT2D eigenvalue weighted by Crippen LogP contribution is -2.49. The summed E-state index contributed by atoms with van der Waals surface area (Å²) in [5.74, 6) is -1.02. The van der Waals surface area contributed by atoms with Crippen molar-refractivity contribution in [3.8, 4) is 11.1 Å². The fourth-order valence-corrected chi connectivity index (χ4v) is 3.27. The van der Waals surface area contributed by atoms with Gasteiger partial charge in [0.1, 0.15) is 0 Å². The molecule has 1 aromatic carbocycles. The predicted octanol–water partition coefficient (Wildman–Crippen LogP) is 1.21. The fraction of sp³-hybridized carbons (Fsp3) is 0.294. The molecular formula is C17H20N2O5S. The average Bonchev–Trinajstić information content (AvgIpc) is 2.59. The van der Waals surface area contributed by atoms with Crippen molar-refractivity contribution in [1.29, 1.82) is 0 Å². The first-order chi connectivity index (χ1) is 11.7. The van der Waals surface area contributed by atoms with Gasteiger partial charge in [0, 0.05) is 25.1 Å². The highest BCUT2D eigenvalue weighted by Crippen LogP contribution is 2.22. The molecule has 25 heavy (non-hydrogen) atoms. The van der Waals surface area contributed by atoms with E-state index in [2.05, 4.69) is 0 Å². The van der Waals surface area contributed by atoms with Crippen molar-refractivity contribution in [2.75, 3.05) is 6.26 Å². The molecule has 2 N–H and O–H groups in total. The van der Waals surface area contributed by atoms with Crippen LogP contribution in [0.2, 0.25) is 0 Å². The molecule has 8 heteroatoms. The molecule has 1 unspecified atom stereocenters. The van der Waals surface area contributed by atoms with E-state index in [1.807, 2.05) is 30.3 Å². The first-order valence-electron chi connectivity index (χ1n) is 7.59. The first kappa shape index (κ1) is 18.9. The van der Waals surface area contributed by atoms with Gasteiger partial charge in [-0.05, 0) is 30.5 Å². The number of hydrogen-bond acceptors (Lipinski definition) is 5. The van der Waals surface area contributed by atoms with Gasteiger partial charge in [0.05, 0.1) is 0 Å². The summed E-state index contributed by atoms with van der Waals surface area (Å²) in [6, 6.07) is 12.6. The van der Waals surface area contributed by atoms with Gasteiger partial charge >= 0.3 is 0 Å². The lowest BCUT2D eigenvalue weighted by Gasteiger charge is -2.25. The summed E-state index contributed by atoms with van der Waals surface area (Å²) in [6.07, 6.45) is 2.33. The Balaban J connectivity index is 2.26. The van der Waals surface area contributed by atoms with Crippen LogP contribution in [0.5, 0.6) is 0 Å². The van der Waals surface area contributed by atoms with Gasteiger partial charge in [0.25, 0.3) is 11.5 Å². The Morgan fingerprint density at radius 2 is 1.84 bits per heavy atom. The Morgan fingerprint density at radius 1 is 1.20 bits per heavy atom. The largest absolute Gasteiger partial charge is 0.315 e. The molecule has 134 valence electrons. The van der Waals surface area contributed by atoms with Crippen molar-refractivity contribution >= 4 is 15.7 Å². The third kappa shape index (κ3) is 3.97. The first-order valence-corrected chi connectivity index (χ1v) is 9.48. The van der Waals surface area contributed by atoms with Gasteiger partial charge in [-0.15, -0.1) is 0 Å². The number of amides is 1. The average molecular weight is 364 g/mol. The summed E-state index contributed by atoms with van der Waals surface area (Å²) in [5.41, 5.74) is 2.73. The monoisotopic (exact) mass is 364 g/mol. The summed E-state index contributed by atoms with van der Waals surface area (Å²) in [6.45, 7) is 1.24. The normalized spacial score (nSPS) is 13.9. The number of carbonyl (C=O) groups is 1. The minimum absolute atomic E-state index is 0.0187. The zero-order valence-electron chi connectivity index (χ0n) is 14.0. The molecule has 0 bridgehead atoms. The molecule has 0 aliphatic heterocycles. The van der Waals surface area contributed by atoms with E-state index in [4.69, 9.17) is 5.21 Å². The van der Waals surface area contributed by atoms with Crippen LogP contribution in [-0.2, 0) is 21.2 Å². The summed E-state index contributed by atoms with van der Waals surface area (Å²) in [4.78, 5) is 24.1. The molecule has 1 atom stereocenters. The minimum Gasteiger partial charge on any atom is -0.315 e. The van der Waals surface area contributed by atoms with Gasteiger partial charge in [-0.2, -0.15) is 0 Å². The van der Waals surface area contributed by atoms with E-state index in [1.165, 1.54) is 23.0 Å². The smallest absolute Gasteiger partial charge is 0.264 e. The number of aromatic nitrogens is 1. The van der Waals surface area contributed by atoms with E-state index in [-0.39, 0.29) is 18.5 Å². The van der Waals surface area contributed by atoms with Crippen LogP contribution >= 0.6 is 0 Å². The van der Waals surface area contributed by atoms with Gasteiger partial charge in [0.15, 0.2) is 14.6 Å². The van der Waals surface area contributed by atoms with Crippen LogP contribution in [0.3, 0.4) is 0 Å². The second-order valence-electron chi connectivity index (χ2n) is 6.01. The number of carbonyl (C=O) groups excluding carboxylic acids is 1. The molecule has 1 aromatic heterocycles. The Bertz CT molecular complexity index is 922. The van der Waals surface area contributed by atoms with E-state index >= 15 is 0 Å². The zero-order chi connectivity index (χ0) is 18.7. The molecule has 0 aliphatic rings. The van der Waals surface area contributed by atoms with Gasteiger partial charge in [-0.3, -0.25) is 14.8 Å². The maximum absolute atomic E-state index is 12.3.